The lowest BCUT2D eigenvalue weighted by molar-refractivity contribution is -0.143. The Kier molecular flexibility index (Phi) is 14.0. The molecule has 15 heteroatoms. The molecule has 0 radical (unpaired) electrons. The predicted octanol–water partition coefficient (Wildman–Crippen LogP) is 1.89. The summed E-state index contributed by atoms with van der Waals surface area (Å²) >= 11 is -2.48. The van der Waals surface area contributed by atoms with E-state index in [0.29, 0.717) is 19.3 Å². The number of likely N-dealkylation sites (N-methyl/N-ethyl adjacent to an activating group) is 1. The number of rotatable bonds is 14. The molecule has 0 spiro atoms. The van der Waals surface area contributed by atoms with E-state index in [4.69, 9.17) is 10.5 Å². The van der Waals surface area contributed by atoms with Crippen LogP contribution in [0.4, 0.5) is 4.79 Å². The lowest BCUT2D eigenvalue weighted by Crippen LogP contribution is -2.60. The number of Topliss-reactive ketones (excluding diaryl/α,β-unsaturated/α-hetero) is 1. The van der Waals surface area contributed by atoms with Crippen LogP contribution in [0.3, 0.4) is 0 Å². The first kappa shape index (κ1) is 39.8. The van der Waals surface area contributed by atoms with Gasteiger partial charge in [0.2, 0.25) is 17.6 Å². The SMILES string of the molecule is CN(C[C@@H](NC(=O)N[C@H](C(=O)N1C[C@H](OC(C)(C)C)C[C@H]1C(=O)NC(CC1CCC1)C(=O)C(N)=O)C1CCCCC1)C(C)(C)C)S(=O)[O-]. The Balaban J connectivity index is 1.88. The molecule has 1 aliphatic heterocycles. The molecule has 14 nitrogen and oxygen atoms in total. The number of nitrogens with two attached hydrogens (primary N) is 1. The first-order chi connectivity index (χ1) is 22.3. The fourth-order valence-electron chi connectivity index (χ4n) is 6.83. The zero-order valence-corrected chi connectivity index (χ0v) is 30.5. The predicted molar refractivity (Wildman–Crippen MR) is 180 cm³/mol. The topological polar surface area (TPSA) is 203 Å². The fourth-order valence-corrected chi connectivity index (χ4v) is 7.10. The van der Waals surface area contributed by atoms with Crippen LogP contribution in [0.25, 0.3) is 0 Å². The van der Waals surface area contributed by atoms with E-state index < -0.39 is 82.1 Å². The molecule has 5 amide bonds. The molecule has 5 N–H and O–H groups in total. The Hall–Kier alpha value is -2.62. The van der Waals surface area contributed by atoms with Crippen molar-refractivity contribution in [1.29, 1.82) is 0 Å². The molecule has 0 aromatic heterocycles. The maximum atomic E-state index is 14.5. The van der Waals surface area contributed by atoms with Crippen LogP contribution >= 0.6 is 0 Å². The first-order valence-corrected chi connectivity index (χ1v) is 18.3. The molecule has 3 aliphatic rings. The Morgan fingerprint density at radius 3 is 2.08 bits per heavy atom. The number of hydrogen-bond acceptors (Lipinski definition) is 8. The van der Waals surface area contributed by atoms with Crippen molar-refractivity contribution < 1.29 is 37.5 Å². The van der Waals surface area contributed by atoms with E-state index in [1.807, 2.05) is 41.5 Å². The van der Waals surface area contributed by atoms with Crippen LogP contribution in [-0.4, -0.2) is 104 Å². The fraction of sp³-hybridized carbons (Fsp3) is 0.848. The molecule has 2 aliphatic carbocycles. The zero-order valence-electron chi connectivity index (χ0n) is 29.7. The highest BCUT2D eigenvalue weighted by Gasteiger charge is 2.46. The summed E-state index contributed by atoms with van der Waals surface area (Å²) in [5.74, 6) is -2.99. The van der Waals surface area contributed by atoms with Gasteiger partial charge in [0, 0.05) is 36.8 Å². The van der Waals surface area contributed by atoms with E-state index in [9.17, 15) is 32.7 Å². The molecule has 1 saturated heterocycles. The standard InChI is InChI=1S/C33H58N6O8S/c1-32(2,3)25(19-38(7)48(45)46)36-31(44)37-26(21-14-9-8-10-15-21)30(43)39-18-22(47-33(4,5)6)17-24(39)29(42)35-23(27(40)28(34)41)16-20-12-11-13-20/h20-26H,8-19H2,1-7H3,(H2,34,41)(H,35,42)(H,45,46)(H2,36,37,44)/p-1/t22-,23?,24+,25-,26+/m1/s1. The smallest absolute Gasteiger partial charge is 0.315 e. The van der Waals surface area contributed by atoms with Gasteiger partial charge < -0.3 is 35.9 Å². The highest BCUT2D eigenvalue weighted by molar-refractivity contribution is 7.76. The molecule has 3 fully saturated rings. The minimum atomic E-state index is -2.48. The number of ketones is 1. The summed E-state index contributed by atoms with van der Waals surface area (Å²) in [5, 5.41) is 8.54. The Morgan fingerprint density at radius 1 is 0.958 bits per heavy atom. The monoisotopic (exact) mass is 697 g/mol. The second-order valence-corrected chi connectivity index (χ2v) is 16.9. The van der Waals surface area contributed by atoms with E-state index in [2.05, 4.69) is 16.0 Å². The summed E-state index contributed by atoms with van der Waals surface area (Å²) in [4.78, 5) is 68.1. The van der Waals surface area contributed by atoms with Crippen molar-refractivity contribution in [3.63, 3.8) is 0 Å². The van der Waals surface area contributed by atoms with Crippen molar-refractivity contribution in [2.24, 2.45) is 23.0 Å². The lowest BCUT2D eigenvalue weighted by Gasteiger charge is -2.37. The maximum absolute atomic E-state index is 14.5. The van der Waals surface area contributed by atoms with Gasteiger partial charge in [-0.15, -0.1) is 0 Å². The van der Waals surface area contributed by atoms with Crippen LogP contribution in [-0.2, 0) is 35.2 Å². The van der Waals surface area contributed by atoms with Gasteiger partial charge in [0.1, 0.15) is 12.1 Å². The van der Waals surface area contributed by atoms with Gasteiger partial charge >= 0.3 is 6.03 Å². The average Bonchev–Trinajstić information content (AvgIpc) is 3.38. The molecule has 274 valence electrons. The van der Waals surface area contributed by atoms with E-state index in [-0.39, 0.29) is 31.3 Å². The molecule has 0 aromatic rings. The van der Waals surface area contributed by atoms with Crippen molar-refractivity contribution in [2.75, 3.05) is 20.1 Å². The third-order valence-electron chi connectivity index (χ3n) is 9.76. The quantitative estimate of drug-likeness (QED) is 0.156. The zero-order chi connectivity index (χ0) is 36.0. The van der Waals surface area contributed by atoms with Gasteiger partial charge in [0.25, 0.3) is 5.91 Å². The second kappa shape index (κ2) is 16.9. The molecule has 6 atom stereocenters. The maximum Gasteiger partial charge on any atom is 0.315 e. The van der Waals surface area contributed by atoms with Crippen LogP contribution in [0.15, 0.2) is 0 Å². The largest absolute Gasteiger partial charge is 0.760 e. The van der Waals surface area contributed by atoms with Crippen LogP contribution in [0.1, 0.15) is 106 Å². The Labute approximate surface area is 287 Å². The van der Waals surface area contributed by atoms with Crippen LogP contribution in [0.2, 0.25) is 0 Å². The number of carbonyl (C=O) groups excluding carboxylic acids is 5. The van der Waals surface area contributed by atoms with Crippen molar-refractivity contribution >= 4 is 40.8 Å². The van der Waals surface area contributed by atoms with Gasteiger partial charge in [-0.2, -0.15) is 0 Å². The summed E-state index contributed by atoms with van der Waals surface area (Å²) in [6.45, 7) is 11.4. The van der Waals surface area contributed by atoms with Crippen LogP contribution < -0.4 is 21.7 Å². The molecule has 48 heavy (non-hydrogen) atoms. The molecule has 0 aromatic carbocycles. The summed E-state index contributed by atoms with van der Waals surface area (Å²) in [6.07, 6.45) is 6.99. The van der Waals surface area contributed by atoms with Crippen molar-refractivity contribution in [2.45, 2.75) is 142 Å². The number of nitrogens with zero attached hydrogens (tertiary/aromatic N) is 2. The normalized spacial score (nSPS) is 23.5. The van der Waals surface area contributed by atoms with Crippen LogP contribution in [0, 0.1) is 17.3 Å². The molecular weight excluding hydrogens is 640 g/mol. The van der Waals surface area contributed by atoms with Crippen molar-refractivity contribution in [3.8, 4) is 0 Å². The van der Waals surface area contributed by atoms with E-state index >= 15 is 0 Å². The van der Waals surface area contributed by atoms with Gasteiger partial charge in [-0.05, 0) is 64.3 Å². The Morgan fingerprint density at radius 2 is 1.58 bits per heavy atom. The van der Waals surface area contributed by atoms with Crippen LogP contribution in [0.5, 0.6) is 0 Å². The van der Waals surface area contributed by atoms with Gasteiger partial charge in [-0.1, -0.05) is 59.3 Å². The van der Waals surface area contributed by atoms with Gasteiger partial charge in [-0.25, -0.2) is 9.10 Å². The minimum Gasteiger partial charge on any atom is -0.760 e. The average molecular weight is 698 g/mol. The number of nitrogens with one attached hydrogen (secondary N) is 3. The van der Waals surface area contributed by atoms with E-state index in [1.165, 1.54) is 11.9 Å². The summed E-state index contributed by atoms with van der Waals surface area (Å²) < 4.78 is 30.4. The number of amides is 5. The number of hydrogen-bond donors (Lipinski definition) is 4. The Bertz CT molecular complexity index is 1190. The number of likely N-dealkylation sites (tertiary alicyclic amines) is 1. The second-order valence-electron chi connectivity index (χ2n) is 15.9. The molecule has 1 heterocycles. The van der Waals surface area contributed by atoms with Gasteiger partial charge in [0.05, 0.1) is 17.7 Å². The molecule has 2 unspecified atom stereocenters. The van der Waals surface area contributed by atoms with E-state index in [1.54, 1.807) is 0 Å². The van der Waals surface area contributed by atoms with Crippen molar-refractivity contribution in [3.05, 3.63) is 0 Å². The summed E-state index contributed by atoms with van der Waals surface area (Å²) in [7, 11) is 1.41. The number of carbonyl (C=O) groups is 5. The highest BCUT2D eigenvalue weighted by atomic mass is 32.2. The lowest BCUT2D eigenvalue weighted by atomic mass is 9.80. The van der Waals surface area contributed by atoms with Gasteiger partial charge in [-0.3, -0.25) is 23.4 Å². The first-order valence-electron chi connectivity index (χ1n) is 17.3. The third kappa shape index (κ3) is 11.5. The molecule has 0 bridgehead atoms. The number of ether oxygens (including phenoxy) is 1. The highest BCUT2D eigenvalue weighted by Crippen LogP contribution is 2.33. The summed E-state index contributed by atoms with van der Waals surface area (Å²) in [6, 6.07) is -4.24. The molecule has 2 saturated carbocycles. The molecule has 3 rings (SSSR count). The van der Waals surface area contributed by atoms with Crippen molar-refractivity contribution in [1.82, 2.24) is 25.2 Å². The third-order valence-corrected chi connectivity index (χ3v) is 10.4. The van der Waals surface area contributed by atoms with Gasteiger partial charge in [0.15, 0.2) is 0 Å². The molecular formula is C33H57N6O8S-. The number of primary amides is 1. The minimum absolute atomic E-state index is 0.0291. The van der Waals surface area contributed by atoms with E-state index in [0.717, 1.165) is 42.8 Å². The number of urea groups is 1. The summed E-state index contributed by atoms with van der Waals surface area (Å²) in [5.41, 5.74) is 4.26.